The molecule has 0 aromatic carbocycles. The van der Waals surface area contributed by atoms with Gasteiger partial charge in [-0.25, -0.2) is 14.2 Å². The number of hydrogen-bond acceptors (Lipinski definition) is 4. The number of nitrogens with zero attached hydrogens (tertiary/aromatic N) is 1. The van der Waals surface area contributed by atoms with Gasteiger partial charge in [-0.2, -0.15) is 0 Å². The number of halogens is 1. The summed E-state index contributed by atoms with van der Waals surface area (Å²) in [5, 5.41) is 12.1. The van der Waals surface area contributed by atoms with Crippen LogP contribution in [0, 0.1) is 6.92 Å². The number of carbonyl (C=O) groups is 1. The number of carboxylic acids is 1. The molecule has 2 unspecified atom stereocenters. The fourth-order valence-electron chi connectivity index (χ4n) is 2.64. The third-order valence-corrected chi connectivity index (χ3v) is 3.95. The van der Waals surface area contributed by atoms with Crippen molar-refractivity contribution in [2.75, 3.05) is 18.5 Å². The summed E-state index contributed by atoms with van der Waals surface area (Å²) in [6.07, 6.45) is 2.85. The lowest BCUT2D eigenvalue weighted by atomic mass is 10.0. The van der Waals surface area contributed by atoms with Crippen LogP contribution in [-0.4, -0.2) is 46.5 Å². The first-order valence-electron chi connectivity index (χ1n) is 7.41. The molecular formula is C16H18FN3O3. The molecule has 0 aliphatic carbocycles. The molecular weight excluding hydrogens is 301 g/mol. The maximum Gasteiger partial charge on any atom is 0.352 e. The summed E-state index contributed by atoms with van der Waals surface area (Å²) in [5.74, 6) is -0.443. The predicted molar refractivity (Wildman–Crippen MR) is 83.5 cm³/mol. The molecule has 1 aliphatic rings. The van der Waals surface area contributed by atoms with E-state index < -0.39 is 12.1 Å². The van der Waals surface area contributed by atoms with Gasteiger partial charge in [0.15, 0.2) is 0 Å². The van der Waals surface area contributed by atoms with Crippen LogP contribution < -0.4 is 5.32 Å². The average molecular weight is 319 g/mol. The Morgan fingerprint density at radius 3 is 3.04 bits per heavy atom. The molecule has 3 rings (SSSR count). The summed E-state index contributed by atoms with van der Waals surface area (Å²) in [6, 6.07) is 3.06. The second-order valence-corrected chi connectivity index (χ2v) is 5.62. The van der Waals surface area contributed by atoms with Gasteiger partial charge in [-0.05, 0) is 36.6 Å². The first kappa shape index (κ1) is 15.5. The first-order valence-corrected chi connectivity index (χ1v) is 7.41. The van der Waals surface area contributed by atoms with Crippen LogP contribution >= 0.6 is 0 Å². The Balaban J connectivity index is 1.85. The average Bonchev–Trinajstić information content (AvgIpc) is 3.01. The molecule has 2 atom stereocenters. The minimum absolute atomic E-state index is 0.0934. The monoisotopic (exact) mass is 319 g/mol. The molecule has 1 saturated heterocycles. The fraction of sp³-hybridized carbons (Fsp3) is 0.375. The highest BCUT2D eigenvalue weighted by Crippen LogP contribution is 2.27. The van der Waals surface area contributed by atoms with Crippen LogP contribution in [0.1, 0.15) is 22.5 Å². The van der Waals surface area contributed by atoms with Crippen molar-refractivity contribution < 1.29 is 19.0 Å². The van der Waals surface area contributed by atoms with Gasteiger partial charge >= 0.3 is 5.97 Å². The number of pyridine rings is 1. The van der Waals surface area contributed by atoms with E-state index in [4.69, 9.17) is 9.84 Å². The van der Waals surface area contributed by atoms with E-state index in [1.165, 1.54) is 0 Å². The molecule has 122 valence electrons. The number of ether oxygens (including phenoxy) is 1. The number of aromatic amines is 1. The van der Waals surface area contributed by atoms with Crippen LogP contribution in [0.25, 0.3) is 11.1 Å². The van der Waals surface area contributed by atoms with E-state index in [0.29, 0.717) is 18.8 Å². The van der Waals surface area contributed by atoms with Crippen LogP contribution in [0.5, 0.6) is 0 Å². The Labute approximate surface area is 132 Å². The van der Waals surface area contributed by atoms with E-state index in [-0.39, 0.29) is 18.3 Å². The molecule has 7 heteroatoms. The highest BCUT2D eigenvalue weighted by atomic mass is 19.1. The summed E-state index contributed by atoms with van der Waals surface area (Å²) < 4.78 is 18.9. The number of aromatic nitrogens is 2. The van der Waals surface area contributed by atoms with Crippen molar-refractivity contribution in [3.8, 4) is 11.1 Å². The van der Waals surface area contributed by atoms with E-state index in [0.717, 1.165) is 16.7 Å². The van der Waals surface area contributed by atoms with Gasteiger partial charge in [0.25, 0.3) is 0 Å². The predicted octanol–water partition coefficient (Wildman–Crippen LogP) is 2.62. The van der Waals surface area contributed by atoms with Crippen molar-refractivity contribution in [1.29, 1.82) is 0 Å². The number of H-pyrrole nitrogens is 1. The molecule has 1 fully saturated rings. The largest absolute Gasteiger partial charge is 0.477 e. The van der Waals surface area contributed by atoms with Crippen molar-refractivity contribution in [3.05, 3.63) is 35.8 Å². The molecule has 0 radical (unpaired) electrons. The number of nitrogens with one attached hydrogen (secondary N) is 2. The second kappa shape index (κ2) is 6.37. The number of alkyl halides is 1. The van der Waals surface area contributed by atoms with Crippen LogP contribution in [-0.2, 0) is 4.74 Å². The zero-order valence-corrected chi connectivity index (χ0v) is 12.7. The summed E-state index contributed by atoms with van der Waals surface area (Å²) in [4.78, 5) is 18.0. The quantitative estimate of drug-likeness (QED) is 0.806. The highest BCUT2D eigenvalue weighted by Gasteiger charge is 2.25. The topological polar surface area (TPSA) is 87.2 Å². The number of hydrogen-bond donors (Lipinski definition) is 3. The van der Waals surface area contributed by atoms with Gasteiger partial charge < -0.3 is 20.1 Å². The van der Waals surface area contributed by atoms with Gasteiger partial charge in [0, 0.05) is 24.6 Å². The molecule has 0 spiro atoms. The summed E-state index contributed by atoms with van der Waals surface area (Å²) in [5.41, 5.74) is 2.65. The maximum absolute atomic E-state index is 13.8. The van der Waals surface area contributed by atoms with Crippen LogP contribution in [0.15, 0.2) is 24.5 Å². The number of carboxylic acid groups (broad SMARTS) is 1. The van der Waals surface area contributed by atoms with Crippen molar-refractivity contribution in [2.24, 2.45) is 0 Å². The first-order chi connectivity index (χ1) is 11.0. The van der Waals surface area contributed by atoms with Crippen molar-refractivity contribution in [1.82, 2.24) is 9.97 Å². The lowest BCUT2D eigenvalue weighted by molar-refractivity contribution is 0.0285. The number of aryl methyl sites for hydroxylation is 1. The third kappa shape index (κ3) is 3.34. The Bertz CT molecular complexity index is 716. The number of rotatable bonds is 4. The van der Waals surface area contributed by atoms with Gasteiger partial charge in [-0.1, -0.05) is 0 Å². The Hall–Kier alpha value is -2.41. The summed E-state index contributed by atoms with van der Waals surface area (Å²) in [7, 11) is 0. The van der Waals surface area contributed by atoms with Gasteiger partial charge in [-0.15, -0.1) is 0 Å². The summed E-state index contributed by atoms with van der Waals surface area (Å²) in [6.45, 7) is 2.51. The lowest BCUT2D eigenvalue weighted by Crippen LogP contribution is -2.39. The van der Waals surface area contributed by atoms with Crippen LogP contribution in [0.2, 0.25) is 0 Å². The van der Waals surface area contributed by atoms with Gasteiger partial charge in [-0.3, -0.25) is 0 Å². The molecule has 0 bridgehead atoms. The van der Waals surface area contributed by atoms with Crippen LogP contribution in [0.4, 0.5) is 10.2 Å². The number of anilines is 1. The molecule has 2 aromatic rings. The molecule has 1 aliphatic heterocycles. The molecule has 2 aromatic heterocycles. The van der Waals surface area contributed by atoms with E-state index in [2.05, 4.69) is 15.3 Å². The molecule has 23 heavy (non-hydrogen) atoms. The zero-order valence-electron chi connectivity index (χ0n) is 12.7. The molecule has 6 nitrogen and oxygen atoms in total. The van der Waals surface area contributed by atoms with E-state index in [9.17, 15) is 9.18 Å². The van der Waals surface area contributed by atoms with E-state index in [1.54, 1.807) is 18.5 Å². The zero-order chi connectivity index (χ0) is 16.4. The minimum atomic E-state index is -1.07. The Kier molecular flexibility index (Phi) is 4.29. The Morgan fingerprint density at radius 2 is 2.35 bits per heavy atom. The molecule has 0 saturated carbocycles. The normalized spacial score (nSPS) is 21.1. The van der Waals surface area contributed by atoms with Crippen molar-refractivity contribution in [3.63, 3.8) is 0 Å². The SMILES string of the molecule is Cc1cnc(NC2CCOCC2F)cc1-c1c[nH]c(C(=O)O)c1. The maximum atomic E-state index is 13.8. The minimum Gasteiger partial charge on any atom is -0.477 e. The molecule has 3 N–H and O–H groups in total. The smallest absolute Gasteiger partial charge is 0.352 e. The third-order valence-electron chi connectivity index (χ3n) is 3.95. The molecule has 0 amide bonds. The van der Waals surface area contributed by atoms with Crippen molar-refractivity contribution >= 4 is 11.8 Å². The van der Waals surface area contributed by atoms with Crippen LogP contribution in [0.3, 0.4) is 0 Å². The van der Waals surface area contributed by atoms with E-state index >= 15 is 0 Å². The Morgan fingerprint density at radius 1 is 1.52 bits per heavy atom. The van der Waals surface area contributed by atoms with Gasteiger partial charge in [0.05, 0.1) is 12.6 Å². The molecule has 3 heterocycles. The second-order valence-electron chi connectivity index (χ2n) is 5.62. The van der Waals surface area contributed by atoms with Gasteiger partial charge in [0.1, 0.15) is 17.7 Å². The van der Waals surface area contributed by atoms with E-state index in [1.807, 2.05) is 13.0 Å². The highest BCUT2D eigenvalue weighted by molar-refractivity contribution is 5.88. The lowest BCUT2D eigenvalue weighted by Gasteiger charge is -2.27. The fourth-order valence-corrected chi connectivity index (χ4v) is 2.64. The van der Waals surface area contributed by atoms with Gasteiger partial charge in [0.2, 0.25) is 0 Å². The van der Waals surface area contributed by atoms with Crippen molar-refractivity contribution in [2.45, 2.75) is 25.6 Å². The number of aromatic carboxylic acids is 1. The standard InChI is InChI=1S/C16H18FN3O3/c1-9-6-19-15(20-13-2-3-23-8-12(13)17)5-11(9)10-4-14(16(21)22)18-7-10/h4-7,12-13,18H,2-3,8H2,1H3,(H,19,20)(H,21,22). The summed E-state index contributed by atoms with van der Waals surface area (Å²) >= 11 is 0.